The lowest BCUT2D eigenvalue weighted by atomic mass is 9.49. The Labute approximate surface area is 235 Å². The summed E-state index contributed by atoms with van der Waals surface area (Å²) in [5.41, 5.74) is 2.14. The van der Waals surface area contributed by atoms with E-state index < -0.39 is 0 Å². The fourth-order valence-corrected chi connectivity index (χ4v) is 7.32. The van der Waals surface area contributed by atoms with E-state index in [9.17, 15) is 4.79 Å². The Balaban J connectivity index is 1.21. The lowest BCUT2D eigenvalue weighted by Crippen LogP contribution is -2.51. The lowest BCUT2D eigenvalue weighted by molar-refractivity contribution is -0.140. The first-order chi connectivity index (χ1) is 19.5. The van der Waals surface area contributed by atoms with E-state index in [1.54, 1.807) is 14.2 Å². The maximum absolute atomic E-state index is 13.6. The van der Waals surface area contributed by atoms with Crippen molar-refractivity contribution in [2.24, 2.45) is 23.2 Å². The van der Waals surface area contributed by atoms with E-state index in [0.29, 0.717) is 43.7 Å². The standard InChI is InChI=1S/C31H38N4O5/c1-37-6-8-39-27-14-25-26(15-28(27)40-9-7-38-2)32-19-33-29(25)34-23-4-3-5-24(13-23)35-30(36)31-16-20-10-21(17-31)12-22(11-20)18-31/h3-5,13-15,19-22H,6-12,16-18H2,1-2H3,(H,35,36)(H,32,33,34). The molecule has 0 spiro atoms. The third-order valence-electron chi connectivity index (χ3n) is 8.69. The molecule has 9 nitrogen and oxygen atoms in total. The smallest absolute Gasteiger partial charge is 0.230 e. The average molecular weight is 547 g/mol. The minimum absolute atomic E-state index is 0.190. The van der Waals surface area contributed by atoms with Crippen LogP contribution in [0.5, 0.6) is 11.5 Å². The highest BCUT2D eigenvalue weighted by atomic mass is 16.5. The molecule has 0 atom stereocenters. The quantitative estimate of drug-likeness (QED) is 0.284. The summed E-state index contributed by atoms with van der Waals surface area (Å²) in [5, 5.41) is 7.47. The first-order valence-electron chi connectivity index (χ1n) is 14.3. The van der Waals surface area contributed by atoms with Crippen LogP contribution in [0.25, 0.3) is 10.9 Å². The Kier molecular flexibility index (Phi) is 7.76. The van der Waals surface area contributed by atoms with Gasteiger partial charge in [-0.2, -0.15) is 0 Å². The van der Waals surface area contributed by atoms with Crippen LogP contribution in [0.15, 0.2) is 42.7 Å². The van der Waals surface area contributed by atoms with Crippen LogP contribution in [0, 0.1) is 23.2 Å². The molecule has 7 rings (SSSR count). The summed E-state index contributed by atoms with van der Waals surface area (Å²) in [6.07, 6.45) is 8.61. The van der Waals surface area contributed by atoms with Crippen molar-refractivity contribution < 1.29 is 23.7 Å². The van der Waals surface area contributed by atoms with Gasteiger partial charge >= 0.3 is 0 Å². The molecule has 2 aromatic carbocycles. The Bertz CT molecular complexity index is 1330. The van der Waals surface area contributed by atoms with Crippen LogP contribution in [0.1, 0.15) is 38.5 Å². The number of ether oxygens (including phenoxy) is 4. The molecule has 0 unspecified atom stereocenters. The fourth-order valence-electron chi connectivity index (χ4n) is 7.32. The minimum Gasteiger partial charge on any atom is -0.487 e. The number of benzene rings is 2. The molecule has 4 aliphatic rings. The largest absolute Gasteiger partial charge is 0.487 e. The van der Waals surface area contributed by atoms with Crippen LogP contribution < -0.4 is 20.1 Å². The van der Waals surface area contributed by atoms with Gasteiger partial charge in [0.15, 0.2) is 11.5 Å². The van der Waals surface area contributed by atoms with Gasteiger partial charge in [0, 0.05) is 37.0 Å². The molecule has 4 aliphatic carbocycles. The number of carbonyl (C=O) groups excluding carboxylic acids is 1. The molecule has 40 heavy (non-hydrogen) atoms. The molecule has 4 fully saturated rings. The van der Waals surface area contributed by atoms with E-state index in [0.717, 1.165) is 59.3 Å². The van der Waals surface area contributed by atoms with Crippen molar-refractivity contribution in [2.45, 2.75) is 38.5 Å². The van der Waals surface area contributed by atoms with Gasteiger partial charge in [-0.3, -0.25) is 4.79 Å². The molecule has 0 radical (unpaired) electrons. The van der Waals surface area contributed by atoms with Crippen LogP contribution in [-0.2, 0) is 14.3 Å². The SMILES string of the molecule is COCCOc1cc2ncnc(Nc3cccc(NC(=O)C45CC6CC(CC(C6)C4)C5)c3)c2cc1OCCOC. The molecule has 212 valence electrons. The Hall–Kier alpha value is -3.43. The van der Waals surface area contributed by atoms with Gasteiger partial charge in [-0.1, -0.05) is 6.07 Å². The Morgan fingerprint density at radius 1 is 0.850 bits per heavy atom. The summed E-state index contributed by atoms with van der Waals surface area (Å²) < 4.78 is 22.1. The second-order valence-electron chi connectivity index (χ2n) is 11.6. The number of rotatable bonds is 12. The molecule has 9 heteroatoms. The number of nitrogens with one attached hydrogen (secondary N) is 2. The number of anilines is 3. The van der Waals surface area contributed by atoms with E-state index in [1.165, 1.54) is 25.6 Å². The van der Waals surface area contributed by atoms with Gasteiger partial charge < -0.3 is 29.6 Å². The van der Waals surface area contributed by atoms with Crippen LogP contribution in [0.3, 0.4) is 0 Å². The lowest BCUT2D eigenvalue weighted by Gasteiger charge is -2.55. The zero-order valence-corrected chi connectivity index (χ0v) is 23.3. The highest BCUT2D eigenvalue weighted by molar-refractivity contribution is 5.97. The maximum Gasteiger partial charge on any atom is 0.230 e. The van der Waals surface area contributed by atoms with E-state index >= 15 is 0 Å². The normalized spacial score (nSPS) is 24.7. The van der Waals surface area contributed by atoms with Crippen LogP contribution in [-0.4, -0.2) is 56.5 Å². The number of fused-ring (bicyclic) bond motifs is 1. The highest BCUT2D eigenvalue weighted by Gasteiger charge is 2.54. The first-order valence-corrected chi connectivity index (χ1v) is 14.3. The summed E-state index contributed by atoms with van der Waals surface area (Å²) in [5.74, 6) is 4.17. The highest BCUT2D eigenvalue weighted by Crippen LogP contribution is 2.60. The van der Waals surface area contributed by atoms with Crippen molar-refractivity contribution in [3.05, 3.63) is 42.7 Å². The van der Waals surface area contributed by atoms with Gasteiger partial charge in [-0.15, -0.1) is 0 Å². The number of carbonyl (C=O) groups is 1. The van der Waals surface area contributed by atoms with Gasteiger partial charge in [0.25, 0.3) is 0 Å². The minimum atomic E-state index is -0.191. The number of methoxy groups -OCH3 is 2. The van der Waals surface area contributed by atoms with E-state index in [-0.39, 0.29) is 11.3 Å². The number of aromatic nitrogens is 2. The topological polar surface area (TPSA) is 104 Å². The maximum atomic E-state index is 13.6. The monoisotopic (exact) mass is 546 g/mol. The van der Waals surface area contributed by atoms with E-state index in [1.807, 2.05) is 36.4 Å². The molecule has 1 aromatic heterocycles. The van der Waals surface area contributed by atoms with Gasteiger partial charge in [0.05, 0.1) is 24.1 Å². The molecule has 4 bridgehead atoms. The summed E-state index contributed by atoms with van der Waals surface area (Å²) in [6, 6.07) is 11.6. The summed E-state index contributed by atoms with van der Waals surface area (Å²) >= 11 is 0. The molecule has 0 aliphatic heterocycles. The number of hydrogen-bond donors (Lipinski definition) is 2. The molecule has 0 saturated heterocycles. The van der Waals surface area contributed by atoms with Crippen molar-refractivity contribution in [1.82, 2.24) is 9.97 Å². The second-order valence-corrected chi connectivity index (χ2v) is 11.6. The van der Waals surface area contributed by atoms with Crippen molar-refractivity contribution in [1.29, 1.82) is 0 Å². The van der Waals surface area contributed by atoms with Gasteiger partial charge in [0.2, 0.25) is 5.91 Å². The molecule has 3 aromatic rings. The average Bonchev–Trinajstić information content (AvgIpc) is 2.93. The zero-order valence-electron chi connectivity index (χ0n) is 23.3. The van der Waals surface area contributed by atoms with Crippen molar-refractivity contribution >= 4 is 34.0 Å². The zero-order chi connectivity index (χ0) is 27.5. The molecular weight excluding hydrogens is 508 g/mol. The Morgan fingerprint density at radius 2 is 1.48 bits per heavy atom. The number of nitrogens with zero attached hydrogens (tertiary/aromatic N) is 2. The third-order valence-corrected chi connectivity index (χ3v) is 8.69. The van der Waals surface area contributed by atoms with E-state index in [4.69, 9.17) is 18.9 Å². The molecule has 4 saturated carbocycles. The number of amides is 1. The molecule has 1 amide bonds. The van der Waals surface area contributed by atoms with Crippen LogP contribution in [0.4, 0.5) is 17.2 Å². The van der Waals surface area contributed by atoms with Gasteiger partial charge in [-0.25, -0.2) is 9.97 Å². The summed E-state index contributed by atoms with van der Waals surface area (Å²) in [4.78, 5) is 22.6. The molecule has 1 heterocycles. The van der Waals surface area contributed by atoms with Crippen molar-refractivity contribution in [3.8, 4) is 11.5 Å². The predicted octanol–water partition coefficient (Wildman–Crippen LogP) is 5.58. The first kappa shape index (κ1) is 26.8. The second kappa shape index (κ2) is 11.6. The number of hydrogen-bond acceptors (Lipinski definition) is 8. The van der Waals surface area contributed by atoms with E-state index in [2.05, 4.69) is 20.6 Å². The van der Waals surface area contributed by atoms with Gasteiger partial charge in [-0.05, 0) is 80.5 Å². The van der Waals surface area contributed by atoms with Gasteiger partial charge in [0.1, 0.15) is 25.4 Å². The summed E-state index contributed by atoms with van der Waals surface area (Å²) in [6.45, 7) is 1.68. The molecular formula is C31H38N4O5. The summed E-state index contributed by atoms with van der Waals surface area (Å²) in [7, 11) is 3.27. The van der Waals surface area contributed by atoms with Crippen molar-refractivity contribution in [3.63, 3.8) is 0 Å². The fraction of sp³-hybridized carbons (Fsp3) is 0.516. The van der Waals surface area contributed by atoms with Crippen molar-refractivity contribution in [2.75, 3.05) is 51.3 Å². The predicted molar refractivity (Wildman–Crippen MR) is 153 cm³/mol. The Morgan fingerprint density at radius 3 is 2.12 bits per heavy atom. The van der Waals surface area contributed by atoms with Crippen LogP contribution >= 0.6 is 0 Å². The molecule has 2 N–H and O–H groups in total. The third kappa shape index (κ3) is 5.58. The van der Waals surface area contributed by atoms with Crippen LogP contribution in [0.2, 0.25) is 0 Å².